The summed E-state index contributed by atoms with van der Waals surface area (Å²) < 4.78 is 13.7. The molecule has 110 valence electrons. The van der Waals surface area contributed by atoms with Gasteiger partial charge in [0.05, 0.1) is 4.92 Å². The molecule has 1 unspecified atom stereocenters. The van der Waals surface area contributed by atoms with Crippen molar-refractivity contribution < 1.29 is 9.31 Å². The summed E-state index contributed by atoms with van der Waals surface area (Å²) in [5, 5.41) is 14.5. The molecule has 0 bridgehead atoms. The zero-order chi connectivity index (χ0) is 15.4. The lowest BCUT2D eigenvalue weighted by atomic mass is 10.1. The van der Waals surface area contributed by atoms with Crippen molar-refractivity contribution in [3.63, 3.8) is 0 Å². The number of rotatable bonds is 5. The highest BCUT2D eigenvalue weighted by molar-refractivity contribution is 6.30. The van der Waals surface area contributed by atoms with Crippen molar-refractivity contribution in [1.29, 1.82) is 0 Å². The van der Waals surface area contributed by atoms with E-state index in [1.54, 1.807) is 31.2 Å². The molecule has 2 aromatic carbocycles. The molecule has 0 fully saturated rings. The average Bonchev–Trinajstić information content (AvgIpc) is 2.45. The molecular weight excluding hydrogens is 295 g/mol. The molecule has 21 heavy (non-hydrogen) atoms. The predicted octanol–water partition coefficient (Wildman–Crippen LogP) is 4.24. The molecule has 1 atom stereocenters. The second-order valence-corrected chi connectivity index (χ2v) is 5.09. The first-order valence-electron chi connectivity index (χ1n) is 6.39. The number of nitro benzene ring substituents is 1. The number of hydrogen-bond donors (Lipinski definition) is 1. The molecule has 2 aromatic rings. The largest absolute Gasteiger partial charge is 0.306 e. The van der Waals surface area contributed by atoms with E-state index in [2.05, 4.69) is 5.32 Å². The van der Waals surface area contributed by atoms with Crippen LogP contribution in [-0.2, 0) is 6.54 Å². The van der Waals surface area contributed by atoms with Crippen LogP contribution < -0.4 is 5.32 Å². The second kappa shape index (κ2) is 6.65. The van der Waals surface area contributed by atoms with E-state index in [4.69, 9.17) is 11.6 Å². The van der Waals surface area contributed by atoms with Gasteiger partial charge in [0.15, 0.2) is 0 Å². The van der Waals surface area contributed by atoms with Crippen molar-refractivity contribution in [1.82, 2.24) is 5.32 Å². The van der Waals surface area contributed by atoms with Gasteiger partial charge in [0.2, 0.25) is 0 Å². The van der Waals surface area contributed by atoms with Crippen molar-refractivity contribution in [3.05, 3.63) is 74.5 Å². The van der Waals surface area contributed by atoms with Crippen LogP contribution >= 0.6 is 11.6 Å². The predicted molar refractivity (Wildman–Crippen MR) is 79.8 cm³/mol. The van der Waals surface area contributed by atoms with Gasteiger partial charge in [0.1, 0.15) is 5.82 Å². The van der Waals surface area contributed by atoms with Gasteiger partial charge < -0.3 is 5.32 Å². The van der Waals surface area contributed by atoms with Crippen LogP contribution in [0, 0.1) is 15.9 Å². The van der Waals surface area contributed by atoms with Crippen molar-refractivity contribution in [2.45, 2.75) is 19.5 Å². The second-order valence-electron chi connectivity index (χ2n) is 4.65. The fourth-order valence-corrected chi connectivity index (χ4v) is 2.27. The fourth-order valence-electron chi connectivity index (χ4n) is 2.07. The Morgan fingerprint density at radius 1 is 1.33 bits per heavy atom. The molecule has 0 saturated heterocycles. The summed E-state index contributed by atoms with van der Waals surface area (Å²) in [5.41, 5.74) is 0.977. The fraction of sp³-hybridized carbons (Fsp3) is 0.200. The lowest BCUT2D eigenvalue weighted by molar-refractivity contribution is -0.385. The van der Waals surface area contributed by atoms with Crippen LogP contribution in [0.5, 0.6) is 0 Å². The van der Waals surface area contributed by atoms with Crippen LogP contribution in [0.3, 0.4) is 0 Å². The van der Waals surface area contributed by atoms with Crippen molar-refractivity contribution >= 4 is 17.3 Å². The number of benzene rings is 2. The first-order chi connectivity index (χ1) is 9.99. The van der Waals surface area contributed by atoms with Gasteiger partial charge in [-0.2, -0.15) is 0 Å². The molecule has 0 amide bonds. The maximum absolute atomic E-state index is 13.7. The molecule has 0 saturated carbocycles. The van der Waals surface area contributed by atoms with Gasteiger partial charge in [-0.15, -0.1) is 0 Å². The van der Waals surface area contributed by atoms with E-state index in [0.717, 1.165) is 0 Å². The molecule has 0 aliphatic carbocycles. The van der Waals surface area contributed by atoms with E-state index in [9.17, 15) is 14.5 Å². The third-order valence-electron chi connectivity index (χ3n) is 3.21. The molecule has 0 aromatic heterocycles. The Morgan fingerprint density at radius 3 is 2.71 bits per heavy atom. The van der Waals surface area contributed by atoms with Gasteiger partial charge in [-0.25, -0.2) is 4.39 Å². The highest BCUT2D eigenvalue weighted by atomic mass is 35.5. The van der Waals surface area contributed by atoms with Gasteiger partial charge in [-0.05, 0) is 25.1 Å². The molecule has 4 nitrogen and oxygen atoms in total. The molecule has 0 aliphatic heterocycles. The summed E-state index contributed by atoms with van der Waals surface area (Å²) in [7, 11) is 0. The summed E-state index contributed by atoms with van der Waals surface area (Å²) in [6.07, 6.45) is 0. The van der Waals surface area contributed by atoms with E-state index in [1.165, 1.54) is 18.2 Å². The van der Waals surface area contributed by atoms with Gasteiger partial charge in [0.25, 0.3) is 5.69 Å². The third-order valence-corrected chi connectivity index (χ3v) is 3.44. The van der Waals surface area contributed by atoms with Crippen LogP contribution in [0.25, 0.3) is 0 Å². The highest BCUT2D eigenvalue weighted by Crippen LogP contribution is 2.24. The Balaban J connectivity index is 2.15. The van der Waals surface area contributed by atoms with Gasteiger partial charge in [0, 0.05) is 34.8 Å². The number of nitrogens with zero attached hydrogens (tertiary/aromatic N) is 1. The SMILES string of the molecule is CC(NCc1cc(Cl)ccc1[N+](=O)[O-])c1ccccc1F. The minimum absolute atomic E-state index is 0.00682. The van der Waals surface area contributed by atoms with E-state index < -0.39 is 4.92 Å². The summed E-state index contributed by atoms with van der Waals surface area (Å²) in [4.78, 5) is 10.5. The molecule has 6 heteroatoms. The first kappa shape index (κ1) is 15.4. The molecule has 0 radical (unpaired) electrons. The van der Waals surface area contributed by atoms with E-state index >= 15 is 0 Å². The zero-order valence-corrected chi connectivity index (χ0v) is 12.1. The van der Waals surface area contributed by atoms with Gasteiger partial charge in [-0.1, -0.05) is 29.8 Å². The van der Waals surface area contributed by atoms with Crippen LogP contribution in [0.15, 0.2) is 42.5 Å². The average molecular weight is 309 g/mol. The van der Waals surface area contributed by atoms with E-state index in [1.807, 2.05) is 0 Å². The Bertz CT molecular complexity index is 664. The molecule has 0 aliphatic rings. The van der Waals surface area contributed by atoms with Crippen molar-refractivity contribution in [3.8, 4) is 0 Å². The number of hydrogen-bond acceptors (Lipinski definition) is 3. The maximum atomic E-state index is 13.7. The normalized spacial score (nSPS) is 12.1. The Labute approximate surface area is 126 Å². The van der Waals surface area contributed by atoms with Gasteiger partial charge >= 0.3 is 0 Å². The highest BCUT2D eigenvalue weighted by Gasteiger charge is 2.16. The Hall–Kier alpha value is -1.98. The van der Waals surface area contributed by atoms with Crippen LogP contribution in [0.2, 0.25) is 5.02 Å². The lowest BCUT2D eigenvalue weighted by Gasteiger charge is -2.15. The smallest absolute Gasteiger partial charge is 0.273 e. The zero-order valence-electron chi connectivity index (χ0n) is 11.3. The topological polar surface area (TPSA) is 55.2 Å². The minimum Gasteiger partial charge on any atom is -0.306 e. The van der Waals surface area contributed by atoms with Gasteiger partial charge in [-0.3, -0.25) is 10.1 Å². The quantitative estimate of drug-likeness (QED) is 0.664. The van der Waals surface area contributed by atoms with Crippen LogP contribution in [0.4, 0.5) is 10.1 Å². The standard InChI is InChI=1S/C15H14ClFN2O2/c1-10(13-4-2-3-5-14(13)17)18-9-11-8-12(16)6-7-15(11)19(20)21/h2-8,10,18H,9H2,1H3. The summed E-state index contributed by atoms with van der Waals surface area (Å²) in [6.45, 7) is 2.03. The summed E-state index contributed by atoms with van der Waals surface area (Å²) in [5.74, 6) is -0.307. The number of nitrogens with one attached hydrogen (secondary N) is 1. The molecular formula is C15H14ClFN2O2. The van der Waals surface area contributed by atoms with Crippen LogP contribution in [-0.4, -0.2) is 4.92 Å². The monoisotopic (exact) mass is 308 g/mol. The molecule has 1 N–H and O–H groups in total. The number of nitro groups is 1. The maximum Gasteiger partial charge on any atom is 0.273 e. The summed E-state index contributed by atoms with van der Waals surface area (Å²) >= 11 is 5.87. The Kier molecular flexibility index (Phi) is 4.88. The number of halogens is 2. The third kappa shape index (κ3) is 3.77. The minimum atomic E-state index is -0.457. The Morgan fingerprint density at radius 2 is 2.05 bits per heavy atom. The van der Waals surface area contributed by atoms with E-state index in [-0.39, 0.29) is 24.1 Å². The lowest BCUT2D eigenvalue weighted by Crippen LogP contribution is -2.19. The van der Waals surface area contributed by atoms with Crippen LogP contribution in [0.1, 0.15) is 24.1 Å². The van der Waals surface area contributed by atoms with Crippen molar-refractivity contribution in [2.75, 3.05) is 0 Å². The molecule has 0 spiro atoms. The molecule has 2 rings (SSSR count). The van der Waals surface area contributed by atoms with Crippen molar-refractivity contribution in [2.24, 2.45) is 0 Å². The first-order valence-corrected chi connectivity index (χ1v) is 6.77. The molecule has 0 heterocycles. The summed E-state index contributed by atoms with van der Waals surface area (Å²) in [6, 6.07) is 10.5. The van der Waals surface area contributed by atoms with E-state index in [0.29, 0.717) is 16.1 Å².